The van der Waals surface area contributed by atoms with Crippen molar-refractivity contribution in [1.29, 1.82) is 0 Å². The summed E-state index contributed by atoms with van der Waals surface area (Å²) in [6.45, 7) is 2.41. The van der Waals surface area contributed by atoms with Crippen LogP contribution < -0.4 is 22.1 Å². The summed E-state index contributed by atoms with van der Waals surface area (Å²) >= 11 is 0. The van der Waals surface area contributed by atoms with Gasteiger partial charge in [0.2, 0.25) is 11.8 Å². The Bertz CT molecular complexity index is 1060. The number of aromatic hydroxyl groups is 2. The molecule has 1 aliphatic rings. The Morgan fingerprint density at radius 2 is 1.71 bits per heavy atom. The highest BCUT2D eigenvalue weighted by Crippen LogP contribution is 2.33. The zero-order chi connectivity index (χ0) is 26.1. The number of phenolic OH excluding ortho intramolecular Hbond substituents is 2. The molecule has 2 aromatic rings. The second-order valence-electron chi connectivity index (χ2n) is 8.12. The molecule has 1 heterocycles. The van der Waals surface area contributed by atoms with Crippen LogP contribution in [0.4, 0.5) is 0 Å². The van der Waals surface area contributed by atoms with Crippen molar-refractivity contribution in [2.24, 2.45) is 11.5 Å². The molecule has 11 heteroatoms. The van der Waals surface area contributed by atoms with Gasteiger partial charge in [-0.25, -0.2) is 4.79 Å². The summed E-state index contributed by atoms with van der Waals surface area (Å²) < 4.78 is 0. The molecule has 2 amide bonds. The Balaban J connectivity index is 0.000000784. The number of hydrogen-bond acceptors (Lipinski definition) is 8. The van der Waals surface area contributed by atoms with Gasteiger partial charge in [0.05, 0.1) is 12.6 Å². The molecule has 3 rings (SSSR count). The fourth-order valence-electron chi connectivity index (χ4n) is 3.41. The number of hydrogen-bond donors (Lipinski definition) is 8. The maximum absolute atomic E-state index is 12.2. The highest BCUT2D eigenvalue weighted by atomic mass is 16.4. The fourth-order valence-corrected chi connectivity index (χ4v) is 3.41. The summed E-state index contributed by atoms with van der Waals surface area (Å²) in [5.41, 5.74) is 12.4. The molecular formula is C24H32N4O7. The monoisotopic (exact) mass is 488 g/mol. The molecule has 0 saturated carbocycles. The van der Waals surface area contributed by atoms with Gasteiger partial charge in [-0.05, 0) is 53.9 Å². The van der Waals surface area contributed by atoms with Crippen LogP contribution in [0.25, 0.3) is 11.1 Å². The number of fused-ring (bicyclic) bond motifs is 5. The molecular weight excluding hydrogens is 456 g/mol. The first-order valence-electron chi connectivity index (χ1n) is 11.2. The summed E-state index contributed by atoms with van der Waals surface area (Å²) in [7, 11) is 0. The van der Waals surface area contributed by atoms with E-state index in [-0.39, 0.29) is 23.5 Å². The van der Waals surface area contributed by atoms with Crippen molar-refractivity contribution in [3.05, 3.63) is 47.5 Å². The fraction of sp³-hybridized carbons (Fsp3) is 0.375. The summed E-state index contributed by atoms with van der Waals surface area (Å²) in [5.74, 6) is -3.49. The lowest BCUT2D eigenvalue weighted by Crippen LogP contribution is -2.50. The molecule has 0 aromatic heterocycles. The molecule has 190 valence electrons. The third kappa shape index (κ3) is 7.41. The van der Waals surface area contributed by atoms with E-state index in [1.165, 1.54) is 31.0 Å². The first kappa shape index (κ1) is 27.6. The largest absolute Gasteiger partial charge is 0.508 e. The van der Waals surface area contributed by atoms with Crippen LogP contribution in [0.15, 0.2) is 36.4 Å². The van der Waals surface area contributed by atoms with Crippen molar-refractivity contribution < 1.29 is 34.8 Å². The van der Waals surface area contributed by atoms with E-state index in [2.05, 4.69) is 17.6 Å². The Hall–Kier alpha value is -3.67. The van der Waals surface area contributed by atoms with Gasteiger partial charge in [0.25, 0.3) is 0 Å². The number of phenols is 2. The normalized spacial score (nSPS) is 20.3. The minimum absolute atomic E-state index is 0.0154. The quantitative estimate of drug-likeness (QED) is 0.294. The number of aliphatic hydroxyl groups is 1. The molecule has 11 nitrogen and oxygen atoms in total. The van der Waals surface area contributed by atoms with E-state index in [9.17, 15) is 34.8 Å². The molecule has 4 bridgehead atoms. The Labute approximate surface area is 202 Å². The van der Waals surface area contributed by atoms with Crippen LogP contribution >= 0.6 is 0 Å². The Morgan fingerprint density at radius 1 is 1.09 bits per heavy atom. The smallest absolute Gasteiger partial charge is 0.329 e. The molecule has 2 aromatic carbocycles. The predicted octanol–water partition coefficient (Wildman–Crippen LogP) is 0.112. The van der Waals surface area contributed by atoms with Crippen LogP contribution in [0.3, 0.4) is 0 Å². The third-order valence-corrected chi connectivity index (χ3v) is 5.41. The second-order valence-corrected chi connectivity index (χ2v) is 8.12. The van der Waals surface area contributed by atoms with E-state index in [1.54, 1.807) is 18.2 Å². The van der Waals surface area contributed by atoms with Crippen LogP contribution in [-0.2, 0) is 20.8 Å². The highest BCUT2D eigenvalue weighted by Gasteiger charge is 2.32. The standard InChI is InChI=1S/C20H21N3O7.C4H11N/c21-13-7-11-5-9(1-3-14(11)24)10-2-4-15(25)12(6-10)18(27)17(20(29)30)23-16(26)8-22-19(13)28;1-2-3-4-5/h1-6,13,17-18,24-25,27H,7-8,21H2,(H,22,28)(H,23,26)(H,29,30);2-5H2,1H3. The predicted molar refractivity (Wildman–Crippen MR) is 128 cm³/mol. The van der Waals surface area contributed by atoms with E-state index < -0.39 is 42.5 Å². The molecule has 3 atom stereocenters. The molecule has 0 fully saturated rings. The van der Waals surface area contributed by atoms with Crippen LogP contribution in [0.5, 0.6) is 11.5 Å². The topological polar surface area (TPSA) is 208 Å². The van der Waals surface area contributed by atoms with E-state index in [0.717, 1.165) is 6.54 Å². The number of nitrogens with two attached hydrogens (primary N) is 2. The minimum Gasteiger partial charge on any atom is -0.508 e. The first-order valence-corrected chi connectivity index (χ1v) is 11.2. The maximum Gasteiger partial charge on any atom is 0.329 e. The zero-order valence-corrected chi connectivity index (χ0v) is 19.4. The highest BCUT2D eigenvalue weighted by molar-refractivity contribution is 5.90. The number of aliphatic hydroxyl groups excluding tert-OH is 1. The van der Waals surface area contributed by atoms with Crippen LogP contribution in [0.1, 0.15) is 37.0 Å². The summed E-state index contributed by atoms with van der Waals surface area (Å²) in [6, 6.07) is 5.98. The van der Waals surface area contributed by atoms with Gasteiger partial charge >= 0.3 is 5.97 Å². The van der Waals surface area contributed by atoms with Gasteiger partial charge < -0.3 is 42.5 Å². The number of aliphatic carboxylic acids is 1. The number of unbranched alkanes of at least 4 members (excludes halogenated alkanes) is 1. The SMILES string of the molecule is CCCCN.NC1Cc2cc(ccc2O)-c2ccc(O)c(c2)C(O)C(C(=O)O)NC(=O)CNC1=O. The number of nitrogens with one attached hydrogen (secondary N) is 2. The van der Waals surface area contributed by atoms with Gasteiger partial charge in [0, 0.05) is 12.0 Å². The van der Waals surface area contributed by atoms with Crippen LogP contribution in [-0.4, -0.2) is 63.4 Å². The van der Waals surface area contributed by atoms with Crippen molar-refractivity contribution in [3.8, 4) is 22.6 Å². The van der Waals surface area contributed by atoms with Gasteiger partial charge in [-0.15, -0.1) is 0 Å². The molecule has 0 saturated heterocycles. The van der Waals surface area contributed by atoms with E-state index in [0.29, 0.717) is 16.7 Å². The molecule has 1 aliphatic heterocycles. The van der Waals surface area contributed by atoms with Gasteiger partial charge in [0.1, 0.15) is 17.6 Å². The minimum atomic E-state index is -1.77. The van der Waals surface area contributed by atoms with Crippen molar-refractivity contribution in [1.82, 2.24) is 10.6 Å². The Kier molecular flexibility index (Phi) is 10.0. The molecule has 0 radical (unpaired) electrons. The Morgan fingerprint density at radius 3 is 2.29 bits per heavy atom. The number of benzene rings is 2. The van der Waals surface area contributed by atoms with Gasteiger partial charge in [-0.1, -0.05) is 25.5 Å². The van der Waals surface area contributed by atoms with E-state index in [1.807, 2.05) is 0 Å². The number of carboxylic acid groups (broad SMARTS) is 1. The first-order chi connectivity index (χ1) is 16.6. The molecule has 10 N–H and O–H groups in total. The van der Waals surface area contributed by atoms with E-state index >= 15 is 0 Å². The van der Waals surface area contributed by atoms with Gasteiger partial charge in [-0.3, -0.25) is 9.59 Å². The van der Waals surface area contributed by atoms with Crippen molar-refractivity contribution in [3.63, 3.8) is 0 Å². The summed E-state index contributed by atoms with van der Waals surface area (Å²) in [6.07, 6.45) is 0.598. The maximum atomic E-state index is 12.2. The molecule has 35 heavy (non-hydrogen) atoms. The van der Waals surface area contributed by atoms with Crippen molar-refractivity contribution >= 4 is 17.8 Å². The molecule has 0 spiro atoms. The van der Waals surface area contributed by atoms with Gasteiger partial charge in [-0.2, -0.15) is 0 Å². The van der Waals surface area contributed by atoms with Crippen molar-refractivity contribution in [2.45, 2.75) is 44.4 Å². The van der Waals surface area contributed by atoms with Crippen LogP contribution in [0.2, 0.25) is 0 Å². The van der Waals surface area contributed by atoms with Crippen molar-refractivity contribution in [2.75, 3.05) is 13.1 Å². The van der Waals surface area contributed by atoms with E-state index in [4.69, 9.17) is 11.5 Å². The second kappa shape index (κ2) is 12.7. The lowest BCUT2D eigenvalue weighted by molar-refractivity contribution is -0.145. The third-order valence-electron chi connectivity index (χ3n) is 5.41. The molecule has 0 aliphatic carbocycles. The number of carbonyl (C=O) groups is 3. The summed E-state index contributed by atoms with van der Waals surface area (Å²) in [4.78, 5) is 35.9. The average Bonchev–Trinajstić information content (AvgIpc) is 2.82. The summed E-state index contributed by atoms with van der Waals surface area (Å²) in [5, 5.41) is 44.7. The number of carboxylic acids is 1. The average molecular weight is 489 g/mol. The van der Waals surface area contributed by atoms with Crippen LogP contribution in [0, 0.1) is 0 Å². The molecule has 3 unspecified atom stereocenters. The zero-order valence-electron chi connectivity index (χ0n) is 19.4. The number of rotatable bonds is 3. The number of carbonyl (C=O) groups excluding carboxylic acids is 2. The lowest BCUT2D eigenvalue weighted by Gasteiger charge is -2.22. The number of amides is 2. The van der Waals surface area contributed by atoms with Gasteiger partial charge in [0.15, 0.2) is 6.04 Å². The lowest BCUT2D eigenvalue weighted by atomic mass is 9.94.